The molecule has 38 heavy (non-hydrogen) atoms. The topological polar surface area (TPSA) is 79.0 Å². The fourth-order valence-electron chi connectivity index (χ4n) is 3.65. The quantitative estimate of drug-likeness (QED) is 0.293. The first kappa shape index (κ1) is 26.8. The minimum Gasteiger partial charge on any atom is -0.489 e. The van der Waals surface area contributed by atoms with Crippen molar-refractivity contribution in [1.29, 1.82) is 0 Å². The van der Waals surface area contributed by atoms with Crippen molar-refractivity contribution in [2.75, 3.05) is 23.7 Å². The number of ether oxygens (including phenoxy) is 1. The smallest absolute Gasteiger partial charge is 0.303 e. The summed E-state index contributed by atoms with van der Waals surface area (Å²) >= 11 is 0. The molecule has 0 saturated carbocycles. The summed E-state index contributed by atoms with van der Waals surface area (Å²) in [4.78, 5) is 12.8. The third-order valence-corrected chi connectivity index (χ3v) is 7.57. The van der Waals surface area contributed by atoms with Gasteiger partial charge in [0.25, 0.3) is 5.91 Å². The molecule has 4 aromatic carbocycles. The largest absolute Gasteiger partial charge is 0.489 e. The Balaban J connectivity index is 1.41. The van der Waals surface area contributed by atoms with Gasteiger partial charge in [0.05, 0.1) is 12.2 Å². The monoisotopic (exact) mass is 533 g/mol. The van der Waals surface area contributed by atoms with E-state index in [-0.39, 0.29) is 18.1 Å². The molecule has 1 amide bonds. The van der Waals surface area contributed by atoms with E-state index in [1.54, 1.807) is 54.6 Å². The first-order chi connectivity index (χ1) is 18.2. The van der Waals surface area contributed by atoms with Gasteiger partial charge in [0.1, 0.15) is 18.2 Å². The van der Waals surface area contributed by atoms with Crippen molar-refractivity contribution in [3.63, 3.8) is 0 Å². The lowest BCUT2D eigenvalue weighted by Crippen LogP contribution is -2.40. The van der Waals surface area contributed by atoms with Gasteiger partial charge in [-0.15, -0.1) is 0 Å². The molecule has 0 atom stereocenters. The van der Waals surface area contributed by atoms with Gasteiger partial charge in [0, 0.05) is 25.3 Å². The third-order valence-electron chi connectivity index (χ3n) is 5.76. The Morgan fingerprint density at radius 1 is 0.816 bits per heavy atom. The van der Waals surface area contributed by atoms with Crippen LogP contribution in [0.15, 0.2) is 103 Å². The van der Waals surface area contributed by atoms with Gasteiger partial charge in [-0.05, 0) is 59.7 Å². The van der Waals surface area contributed by atoms with Crippen molar-refractivity contribution in [1.82, 2.24) is 4.31 Å². The fourth-order valence-corrected chi connectivity index (χ4v) is 4.75. The minimum absolute atomic E-state index is 0.0563. The van der Waals surface area contributed by atoms with E-state index in [1.165, 1.54) is 32.3 Å². The number of nitrogens with zero attached hydrogens (tertiary/aromatic N) is 2. The predicted octanol–water partition coefficient (Wildman–Crippen LogP) is 5.47. The molecule has 1 N–H and O–H groups in total. The summed E-state index contributed by atoms with van der Waals surface area (Å²) < 4.78 is 48.1. The Morgan fingerprint density at radius 3 is 2.08 bits per heavy atom. The van der Waals surface area contributed by atoms with E-state index in [0.717, 1.165) is 14.2 Å². The van der Waals surface area contributed by atoms with Crippen molar-refractivity contribution in [3.8, 4) is 5.75 Å². The predicted molar refractivity (Wildman–Crippen MR) is 147 cm³/mol. The van der Waals surface area contributed by atoms with Crippen LogP contribution >= 0.6 is 0 Å². The molecule has 9 heteroatoms. The molecule has 0 bridgehead atoms. The van der Waals surface area contributed by atoms with E-state index in [2.05, 4.69) is 5.32 Å². The number of hydrogen-bond acceptors (Lipinski definition) is 4. The highest BCUT2D eigenvalue weighted by Crippen LogP contribution is 2.25. The van der Waals surface area contributed by atoms with Crippen LogP contribution in [0, 0.1) is 5.82 Å². The second-order valence-electron chi connectivity index (χ2n) is 8.70. The first-order valence-electron chi connectivity index (χ1n) is 11.9. The van der Waals surface area contributed by atoms with Crippen LogP contribution in [0.1, 0.15) is 21.5 Å². The molecule has 4 rings (SSSR count). The Kier molecular flexibility index (Phi) is 8.40. The number of rotatable bonds is 10. The van der Waals surface area contributed by atoms with Gasteiger partial charge in [-0.25, -0.2) is 4.39 Å². The number of para-hydroxylation sites is 1. The SMILES string of the molecule is CN(C)S(=O)(=O)N(Cc1ccc(C(=O)Nc2ccc(OCc3ccccc3)cc2)cc1)c1ccccc1F. The van der Waals surface area contributed by atoms with Crippen LogP contribution in [0.3, 0.4) is 0 Å². The molecule has 0 spiro atoms. The zero-order valence-electron chi connectivity index (χ0n) is 21.0. The van der Waals surface area contributed by atoms with Crippen LogP contribution < -0.4 is 14.4 Å². The van der Waals surface area contributed by atoms with Crippen molar-refractivity contribution in [2.45, 2.75) is 13.2 Å². The number of anilines is 2. The standard InChI is InChI=1S/C29H28FN3O4S/c1-32(2)38(35,36)33(28-11-7-6-10-27(28)30)20-22-12-14-24(15-13-22)29(34)31-25-16-18-26(19-17-25)37-21-23-8-4-3-5-9-23/h3-19H,20-21H2,1-2H3,(H,31,34). The maximum absolute atomic E-state index is 14.5. The van der Waals surface area contributed by atoms with Crippen molar-refractivity contribution >= 4 is 27.5 Å². The summed E-state index contributed by atoms with van der Waals surface area (Å²) in [5.74, 6) is -0.282. The molecule has 0 unspecified atom stereocenters. The van der Waals surface area contributed by atoms with Crippen LogP contribution in [-0.4, -0.2) is 32.7 Å². The van der Waals surface area contributed by atoms with Gasteiger partial charge in [0.2, 0.25) is 0 Å². The van der Waals surface area contributed by atoms with Gasteiger partial charge < -0.3 is 10.1 Å². The van der Waals surface area contributed by atoms with E-state index >= 15 is 0 Å². The number of carbonyl (C=O) groups is 1. The van der Waals surface area contributed by atoms with Crippen molar-refractivity contribution < 1.29 is 22.3 Å². The lowest BCUT2D eigenvalue weighted by molar-refractivity contribution is 0.102. The van der Waals surface area contributed by atoms with Crippen LogP contribution in [0.4, 0.5) is 15.8 Å². The molecule has 196 valence electrons. The summed E-state index contributed by atoms with van der Waals surface area (Å²) in [6.45, 7) is 0.344. The molecule has 0 aliphatic heterocycles. The Bertz CT molecular complexity index is 1480. The van der Waals surface area contributed by atoms with Crippen LogP contribution in [-0.2, 0) is 23.4 Å². The summed E-state index contributed by atoms with van der Waals surface area (Å²) in [5, 5.41) is 2.83. The van der Waals surface area contributed by atoms with E-state index in [0.29, 0.717) is 29.2 Å². The second-order valence-corrected chi connectivity index (χ2v) is 10.8. The maximum atomic E-state index is 14.5. The first-order valence-corrected chi connectivity index (χ1v) is 13.3. The van der Waals surface area contributed by atoms with Gasteiger partial charge in [-0.2, -0.15) is 12.7 Å². The normalized spacial score (nSPS) is 11.3. The minimum atomic E-state index is -3.97. The molecular formula is C29H28FN3O4S. The number of nitrogens with one attached hydrogen (secondary N) is 1. The third kappa shape index (κ3) is 6.56. The summed E-state index contributed by atoms with van der Waals surface area (Å²) in [7, 11) is -1.19. The highest BCUT2D eigenvalue weighted by molar-refractivity contribution is 7.90. The lowest BCUT2D eigenvalue weighted by Gasteiger charge is -2.27. The van der Waals surface area contributed by atoms with E-state index in [4.69, 9.17) is 4.74 Å². The molecule has 0 aromatic heterocycles. The van der Waals surface area contributed by atoms with Gasteiger partial charge in [-0.3, -0.25) is 9.10 Å². The number of halogens is 1. The highest BCUT2D eigenvalue weighted by Gasteiger charge is 2.27. The second kappa shape index (κ2) is 11.9. The highest BCUT2D eigenvalue weighted by atomic mass is 32.2. The molecule has 4 aromatic rings. The zero-order chi connectivity index (χ0) is 27.1. The molecule has 0 radical (unpaired) electrons. The zero-order valence-corrected chi connectivity index (χ0v) is 21.9. The molecule has 0 fully saturated rings. The average molecular weight is 534 g/mol. The van der Waals surface area contributed by atoms with Crippen molar-refractivity contribution in [2.24, 2.45) is 0 Å². The summed E-state index contributed by atoms with van der Waals surface area (Å²) in [6.07, 6.45) is 0. The van der Waals surface area contributed by atoms with Crippen LogP contribution in [0.25, 0.3) is 0 Å². The lowest BCUT2D eigenvalue weighted by atomic mass is 10.1. The van der Waals surface area contributed by atoms with E-state index in [1.807, 2.05) is 30.3 Å². The average Bonchev–Trinajstić information content (AvgIpc) is 2.92. The Labute approximate surface area is 222 Å². The summed E-state index contributed by atoms with van der Waals surface area (Å²) in [5.41, 5.74) is 2.60. The van der Waals surface area contributed by atoms with Gasteiger partial charge in [0.15, 0.2) is 0 Å². The number of carbonyl (C=O) groups excluding carboxylic acids is 1. The maximum Gasteiger partial charge on any atom is 0.303 e. The number of hydrogen-bond donors (Lipinski definition) is 1. The van der Waals surface area contributed by atoms with Crippen molar-refractivity contribution in [3.05, 3.63) is 126 Å². The molecule has 0 saturated heterocycles. The molecule has 0 aliphatic carbocycles. The molecular weight excluding hydrogens is 505 g/mol. The summed E-state index contributed by atoms with van der Waals surface area (Å²) in [6, 6.07) is 29.1. The molecule has 0 aliphatic rings. The van der Waals surface area contributed by atoms with E-state index in [9.17, 15) is 17.6 Å². The van der Waals surface area contributed by atoms with Gasteiger partial charge >= 0.3 is 10.2 Å². The fraction of sp³-hybridized carbons (Fsp3) is 0.138. The number of amides is 1. The van der Waals surface area contributed by atoms with E-state index < -0.39 is 16.0 Å². The molecule has 7 nitrogen and oxygen atoms in total. The Morgan fingerprint density at radius 2 is 1.45 bits per heavy atom. The van der Waals surface area contributed by atoms with Crippen LogP contribution in [0.2, 0.25) is 0 Å². The molecule has 0 heterocycles. The van der Waals surface area contributed by atoms with Crippen LogP contribution in [0.5, 0.6) is 5.75 Å². The number of benzene rings is 4. The Hall–Kier alpha value is -4.21. The van der Waals surface area contributed by atoms with Gasteiger partial charge in [-0.1, -0.05) is 54.6 Å².